The molecule has 2 aromatic rings. The van der Waals surface area contributed by atoms with Crippen molar-refractivity contribution in [3.8, 4) is 5.75 Å². The summed E-state index contributed by atoms with van der Waals surface area (Å²) in [7, 11) is 1.32. The molecule has 0 fully saturated rings. The predicted molar refractivity (Wildman–Crippen MR) is 105 cm³/mol. The summed E-state index contributed by atoms with van der Waals surface area (Å²) in [5.41, 5.74) is 4.17. The van der Waals surface area contributed by atoms with Crippen molar-refractivity contribution in [2.45, 2.75) is 19.5 Å². The second-order valence-corrected chi connectivity index (χ2v) is 6.39. The van der Waals surface area contributed by atoms with E-state index in [1.165, 1.54) is 13.2 Å². The van der Waals surface area contributed by atoms with Crippen LogP contribution in [-0.4, -0.2) is 30.3 Å². The number of hydrogen-bond acceptors (Lipinski definition) is 5. The first-order chi connectivity index (χ1) is 14.2. The van der Waals surface area contributed by atoms with Crippen molar-refractivity contribution in [3.63, 3.8) is 0 Å². The molecule has 0 bridgehead atoms. The van der Waals surface area contributed by atoms with Gasteiger partial charge >= 0.3 is 6.18 Å². The van der Waals surface area contributed by atoms with Crippen LogP contribution >= 0.6 is 0 Å². The fourth-order valence-corrected chi connectivity index (χ4v) is 2.85. The Hall–Kier alpha value is -3.56. The predicted octanol–water partition coefficient (Wildman–Crippen LogP) is 4.02. The highest BCUT2D eigenvalue weighted by Crippen LogP contribution is 2.35. The van der Waals surface area contributed by atoms with E-state index in [-0.39, 0.29) is 29.7 Å². The van der Waals surface area contributed by atoms with E-state index in [2.05, 4.69) is 15.8 Å². The number of amides is 1. The molecular weight excluding hydrogens is 403 g/mol. The summed E-state index contributed by atoms with van der Waals surface area (Å²) in [4.78, 5) is 19.7. The molecule has 0 aliphatic carbocycles. The van der Waals surface area contributed by atoms with Gasteiger partial charge in [0.2, 0.25) is 5.91 Å². The Labute approximate surface area is 170 Å². The molecule has 30 heavy (non-hydrogen) atoms. The lowest BCUT2D eigenvalue weighted by atomic mass is 9.94. The van der Waals surface area contributed by atoms with Gasteiger partial charge in [-0.1, -0.05) is 19.1 Å². The Morgan fingerprint density at radius 2 is 1.83 bits per heavy atom. The summed E-state index contributed by atoms with van der Waals surface area (Å²) in [5.74, 6) is -0.0154. The van der Waals surface area contributed by atoms with Gasteiger partial charge in [-0.05, 0) is 29.8 Å². The number of hydrazone groups is 1. The maximum absolute atomic E-state index is 13.0. The average molecular weight is 423 g/mol. The van der Waals surface area contributed by atoms with E-state index in [9.17, 15) is 18.0 Å². The first-order valence-electron chi connectivity index (χ1n) is 8.76. The van der Waals surface area contributed by atoms with Crippen molar-refractivity contribution in [1.82, 2.24) is 5.43 Å². The molecule has 2 aromatic carbocycles. The van der Waals surface area contributed by atoms with Gasteiger partial charge in [0.05, 0.1) is 18.4 Å². The number of carbonyl (C=O) groups is 2. The Morgan fingerprint density at radius 3 is 2.37 bits per heavy atom. The third-order valence-electron chi connectivity index (χ3n) is 4.20. The number of benzene rings is 2. The number of carboxylic acid groups (broad SMARTS) is 1. The number of ether oxygens (including phenoxy) is 1. The minimum atomic E-state index is -4.46. The van der Waals surface area contributed by atoms with Crippen LogP contribution < -0.4 is 15.5 Å². The standard InChI is InChI=1S/C19H18F3N3O2.CH2O2/c1-11-7-17(26)24-25-18(11)12-3-5-14(6-4-12)23-15-8-13(19(20,21)22)9-16(10-15)27-2;2-1-3/h3-6,8-11,23H,7H2,1-2H3,(H,24,26);1H,(H,2,3)/t11-;/m1./s1. The van der Waals surface area contributed by atoms with E-state index in [0.29, 0.717) is 12.1 Å². The van der Waals surface area contributed by atoms with Crippen LogP contribution in [0, 0.1) is 5.92 Å². The Bertz CT molecular complexity index is 928. The molecule has 3 N–H and O–H groups in total. The van der Waals surface area contributed by atoms with E-state index in [1.54, 1.807) is 24.3 Å². The second kappa shape index (κ2) is 9.77. The number of rotatable bonds is 4. The molecule has 1 aliphatic rings. The Kier molecular flexibility index (Phi) is 7.40. The lowest BCUT2D eigenvalue weighted by Gasteiger charge is -2.19. The van der Waals surface area contributed by atoms with Crippen molar-refractivity contribution in [2.24, 2.45) is 11.0 Å². The molecule has 1 amide bonds. The number of nitrogens with zero attached hydrogens (tertiary/aromatic N) is 1. The normalized spacial score (nSPS) is 15.8. The van der Waals surface area contributed by atoms with Crippen LogP contribution in [0.3, 0.4) is 0 Å². The molecule has 0 saturated carbocycles. The molecule has 3 rings (SSSR count). The molecule has 0 saturated heterocycles. The average Bonchev–Trinajstić information content (AvgIpc) is 2.68. The number of carbonyl (C=O) groups excluding carboxylic acids is 1. The van der Waals surface area contributed by atoms with Crippen LogP contribution in [0.25, 0.3) is 0 Å². The van der Waals surface area contributed by atoms with E-state index in [1.807, 2.05) is 6.92 Å². The number of alkyl halides is 3. The first-order valence-corrected chi connectivity index (χ1v) is 8.76. The quantitative estimate of drug-likeness (QED) is 0.645. The first kappa shape index (κ1) is 22.7. The van der Waals surface area contributed by atoms with Crippen LogP contribution in [0.15, 0.2) is 47.6 Å². The molecule has 1 aliphatic heterocycles. The van der Waals surface area contributed by atoms with Gasteiger partial charge < -0.3 is 15.2 Å². The summed E-state index contributed by atoms with van der Waals surface area (Å²) in [6.45, 7) is 1.67. The van der Waals surface area contributed by atoms with Crippen LogP contribution in [0.4, 0.5) is 24.5 Å². The van der Waals surface area contributed by atoms with Crippen molar-refractivity contribution in [2.75, 3.05) is 12.4 Å². The summed E-state index contributed by atoms with van der Waals surface area (Å²) in [6.07, 6.45) is -4.10. The minimum absolute atomic E-state index is 0.00899. The van der Waals surface area contributed by atoms with E-state index in [0.717, 1.165) is 23.4 Å². The molecular formula is C20H20F3N3O4. The Morgan fingerprint density at radius 1 is 1.20 bits per heavy atom. The third-order valence-corrected chi connectivity index (χ3v) is 4.20. The summed E-state index contributed by atoms with van der Waals surface area (Å²) < 4.78 is 44.0. The molecule has 7 nitrogen and oxygen atoms in total. The summed E-state index contributed by atoms with van der Waals surface area (Å²) >= 11 is 0. The van der Waals surface area contributed by atoms with Crippen LogP contribution in [0.1, 0.15) is 24.5 Å². The maximum Gasteiger partial charge on any atom is 0.416 e. The number of methoxy groups -OCH3 is 1. The number of anilines is 2. The van der Waals surface area contributed by atoms with E-state index in [4.69, 9.17) is 14.6 Å². The van der Waals surface area contributed by atoms with Gasteiger partial charge in [0.25, 0.3) is 6.47 Å². The molecule has 1 atom stereocenters. The van der Waals surface area contributed by atoms with Gasteiger partial charge in [-0.15, -0.1) is 0 Å². The lowest BCUT2D eigenvalue weighted by molar-refractivity contribution is -0.137. The van der Waals surface area contributed by atoms with Crippen molar-refractivity contribution in [1.29, 1.82) is 0 Å². The smallest absolute Gasteiger partial charge is 0.416 e. The third kappa shape index (κ3) is 5.97. The largest absolute Gasteiger partial charge is 0.497 e. The topological polar surface area (TPSA) is 100 Å². The number of halogens is 3. The molecule has 1 heterocycles. The van der Waals surface area contributed by atoms with Crippen molar-refractivity contribution < 1.29 is 32.6 Å². The van der Waals surface area contributed by atoms with Gasteiger partial charge in [0.15, 0.2) is 0 Å². The molecule has 0 radical (unpaired) electrons. The van der Waals surface area contributed by atoms with Crippen molar-refractivity contribution >= 4 is 29.5 Å². The fourth-order valence-electron chi connectivity index (χ4n) is 2.85. The molecule has 0 unspecified atom stereocenters. The van der Waals surface area contributed by atoms with Crippen LogP contribution in [-0.2, 0) is 15.8 Å². The highest BCUT2D eigenvalue weighted by Gasteiger charge is 2.31. The monoisotopic (exact) mass is 423 g/mol. The molecule has 10 heteroatoms. The summed E-state index contributed by atoms with van der Waals surface area (Å²) in [5, 5.41) is 13.9. The maximum atomic E-state index is 13.0. The zero-order chi connectivity index (χ0) is 22.3. The lowest BCUT2D eigenvalue weighted by Crippen LogP contribution is -2.31. The van der Waals surface area contributed by atoms with Crippen LogP contribution in [0.5, 0.6) is 5.75 Å². The second-order valence-electron chi connectivity index (χ2n) is 6.39. The highest BCUT2D eigenvalue weighted by atomic mass is 19.4. The molecule has 0 aromatic heterocycles. The van der Waals surface area contributed by atoms with Crippen LogP contribution in [0.2, 0.25) is 0 Å². The van der Waals surface area contributed by atoms with Crippen molar-refractivity contribution in [3.05, 3.63) is 53.6 Å². The SMILES string of the molecule is COc1cc(Nc2ccc(C3=NNC(=O)C[C@H]3C)cc2)cc(C(F)(F)F)c1.O=CO. The van der Waals surface area contributed by atoms with Gasteiger partial charge in [0.1, 0.15) is 5.75 Å². The van der Waals surface area contributed by atoms with E-state index < -0.39 is 11.7 Å². The number of hydrogen-bond donors (Lipinski definition) is 3. The van der Waals surface area contributed by atoms with Gasteiger partial charge in [-0.3, -0.25) is 9.59 Å². The zero-order valence-corrected chi connectivity index (χ0v) is 16.2. The van der Waals surface area contributed by atoms with E-state index >= 15 is 0 Å². The zero-order valence-electron chi connectivity index (χ0n) is 16.2. The molecule has 160 valence electrons. The number of nitrogens with one attached hydrogen (secondary N) is 2. The van der Waals surface area contributed by atoms with Gasteiger partial charge in [-0.2, -0.15) is 18.3 Å². The Balaban J connectivity index is 0.00000101. The highest BCUT2D eigenvalue weighted by molar-refractivity contribution is 6.05. The van der Waals surface area contributed by atoms with Gasteiger partial charge in [0, 0.05) is 29.8 Å². The minimum Gasteiger partial charge on any atom is -0.497 e. The van der Waals surface area contributed by atoms with Gasteiger partial charge in [-0.25, -0.2) is 5.43 Å². The molecule has 0 spiro atoms. The fraction of sp³-hybridized carbons (Fsp3) is 0.250. The summed E-state index contributed by atoms with van der Waals surface area (Å²) in [6, 6.07) is 10.6.